The van der Waals surface area contributed by atoms with E-state index in [-0.39, 0.29) is 5.97 Å². The molecule has 0 fully saturated rings. The van der Waals surface area contributed by atoms with Gasteiger partial charge in [0.15, 0.2) is 0 Å². The van der Waals surface area contributed by atoms with Crippen LogP contribution in [0.1, 0.15) is 18.9 Å². The molecule has 4 N–H and O–H groups in total. The number of hydrogen-bond acceptors (Lipinski definition) is 4. The fourth-order valence-electron chi connectivity index (χ4n) is 1.27. The summed E-state index contributed by atoms with van der Waals surface area (Å²) in [5.41, 5.74) is 13.5. The lowest BCUT2D eigenvalue weighted by molar-refractivity contribution is -0.143. The number of nitrogen functional groups attached to an aromatic ring is 2. The number of anilines is 2. The van der Waals surface area contributed by atoms with Crippen molar-refractivity contribution in [2.75, 3.05) is 18.1 Å². The average Bonchev–Trinajstić information content (AvgIpc) is 2.16. The molecule has 4 heteroatoms. The molecule has 0 saturated heterocycles. The van der Waals surface area contributed by atoms with Crippen LogP contribution in [0.4, 0.5) is 11.4 Å². The van der Waals surface area contributed by atoms with Crippen LogP contribution in [0, 0.1) is 0 Å². The van der Waals surface area contributed by atoms with Gasteiger partial charge in [0, 0.05) is 24.2 Å². The van der Waals surface area contributed by atoms with E-state index in [2.05, 4.69) is 0 Å². The van der Waals surface area contributed by atoms with Gasteiger partial charge in [0.1, 0.15) is 0 Å². The number of carbonyl (C=O) groups is 1. The maximum absolute atomic E-state index is 10.9. The summed E-state index contributed by atoms with van der Waals surface area (Å²) >= 11 is 0. The third kappa shape index (κ3) is 3.89. The molecule has 0 saturated carbocycles. The van der Waals surface area contributed by atoms with Gasteiger partial charge >= 0.3 is 5.97 Å². The molecule has 0 aliphatic carbocycles. The maximum Gasteiger partial charge on any atom is 0.305 e. The lowest BCUT2D eigenvalue weighted by Crippen LogP contribution is -2.06. The third-order valence-electron chi connectivity index (χ3n) is 1.98. The lowest BCUT2D eigenvalue weighted by atomic mass is 10.1. The van der Waals surface area contributed by atoms with Crippen LogP contribution in [-0.4, -0.2) is 12.6 Å². The molecule has 0 heterocycles. The summed E-state index contributed by atoms with van der Waals surface area (Å²) in [6, 6.07) is 5.35. The zero-order valence-corrected chi connectivity index (χ0v) is 8.82. The summed E-state index contributed by atoms with van der Waals surface area (Å²) in [6.07, 6.45) is 1.04. The van der Waals surface area contributed by atoms with Crippen molar-refractivity contribution in [2.24, 2.45) is 0 Å². The standard InChI is InChI=1S/C11H16N2O2/c1-2-11(14)15-4-3-8-5-9(12)7-10(13)6-8/h5-7H,2-4,12-13H2,1H3. The van der Waals surface area contributed by atoms with E-state index in [0.29, 0.717) is 30.8 Å². The van der Waals surface area contributed by atoms with Gasteiger partial charge in [0.05, 0.1) is 6.61 Å². The second kappa shape index (κ2) is 5.24. The van der Waals surface area contributed by atoms with E-state index in [0.717, 1.165) is 5.56 Å². The number of carbonyl (C=O) groups excluding carboxylic acids is 1. The van der Waals surface area contributed by atoms with Crippen LogP contribution in [0.3, 0.4) is 0 Å². The van der Waals surface area contributed by atoms with Crippen molar-refractivity contribution in [3.05, 3.63) is 23.8 Å². The highest BCUT2D eigenvalue weighted by Crippen LogP contribution is 2.14. The van der Waals surface area contributed by atoms with E-state index in [1.165, 1.54) is 0 Å². The number of esters is 1. The molecule has 0 aliphatic heterocycles. The van der Waals surface area contributed by atoms with Crippen LogP contribution in [0.2, 0.25) is 0 Å². The Kier molecular flexibility index (Phi) is 3.97. The first-order valence-electron chi connectivity index (χ1n) is 4.92. The van der Waals surface area contributed by atoms with Gasteiger partial charge in [-0.2, -0.15) is 0 Å². The minimum atomic E-state index is -0.188. The molecule has 1 rings (SSSR count). The van der Waals surface area contributed by atoms with E-state index < -0.39 is 0 Å². The molecular formula is C11H16N2O2. The van der Waals surface area contributed by atoms with Crippen LogP contribution in [-0.2, 0) is 16.0 Å². The summed E-state index contributed by atoms with van der Waals surface area (Å²) in [7, 11) is 0. The highest BCUT2D eigenvalue weighted by atomic mass is 16.5. The van der Waals surface area contributed by atoms with Crippen molar-refractivity contribution in [3.63, 3.8) is 0 Å². The van der Waals surface area contributed by atoms with E-state index in [1.807, 2.05) is 12.1 Å². The second-order valence-electron chi connectivity index (χ2n) is 3.33. The summed E-state index contributed by atoms with van der Waals surface area (Å²) in [5, 5.41) is 0. The number of nitrogens with two attached hydrogens (primary N) is 2. The normalized spacial score (nSPS) is 9.93. The number of hydrogen-bond donors (Lipinski definition) is 2. The van der Waals surface area contributed by atoms with Crippen LogP contribution >= 0.6 is 0 Å². The SMILES string of the molecule is CCC(=O)OCCc1cc(N)cc(N)c1. The molecule has 0 aliphatic rings. The Labute approximate surface area is 89.2 Å². The molecule has 4 nitrogen and oxygen atoms in total. The van der Waals surface area contributed by atoms with Gasteiger partial charge in [-0.3, -0.25) is 4.79 Å². The first kappa shape index (κ1) is 11.4. The van der Waals surface area contributed by atoms with Crippen LogP contribution in [0.15, 0.2) is 18.2 Å². The van der Waals surface area contributed by atoms with Gasteiger partial charge in [-0.15, -0.1) is 0 Å². The summed E-state index contributed by atoms with van der Waals surface area (Å²) in [5.74, 6) is -0.188. The quantitative estimate of drug-likeness (QED) is 0.578. The van der Waals surface area contributed by atoms with Gasteiger partial charge in [-0.25, -0.2) is 0 Å². The van der Waals surface area contributed by atoms with E-state index in [1.54, 1.807) is 13.0 Å². The van der Waals surface area contributed by atoms with E-state index >= 15 is 0 Å². The Morgan fingerprint density at radius 1 is 1.27 bits per heavy atom. The van der Waals surface area contributed by atoms with Crippen molar-refractivity contribution in [3.8, 4) is 0 Å². The summed E-state index contributed by atoms with van der Waals surface area (Å²) in [4.78, 5) is 10.9. The average molecular weight is 208 g/mol. The van der Waals surface area contributed by atoms with Crippen molar-refractivity contribution in [2.45, 2.75) is 19.8 Å². The van der Waals surface area contributed by atoms with Crippen molar-refractivity contribution in [1.82, 2.24) is 0 Å². The Morgan fingerprint density at radius 2 is 1.87 bits per heavy atom. The number of ether oxygens (including phenoxy) is 1. The third-order valence-corrected chi connectivity index (χ3v) is 1.98. The Morgan fingerprint density at radius 3 is 2.40 bits per heavy atom. The maximum atomic E-state index is 10.9. The molecule has 1 aromatic rings. The Bertz CT molecular complexity index is 330. The summed E-state index contributed by atoms with van der Waals surface area (Å²) < 4.78 is 4.95. The smallest absolute Gasteiger partial charge is 0.305 e. The number of rotatable bonds is 4. The molecule has 0 amide bonds. The van der Waals surface area contributed by atoms with Gasteiger partial charge < -0.3 is 16.2 Å². The molecule has 0 spiro atoms. The molecule has 0 atom stereocenters. The fraction of sp³-hybridized carbons (Fsp3) is 0.364. The topological polar surface area (TPSA) is 78.3 Å². The Balaban J connectivity index is 2.47. The highest BCUT2D eigenvalue weighted by Gasteiger charge is 2.00. The predicted octanol–water partition coefficient (Wildman–Crippen LogP) is 1.35. The van der Waals surface area contributed by atoms with Gasteiger partial charge in [0.25, 0.3) is 0 Å². The first-order chi connectivity index (χ1) is 7.11. The van der Waals surface area contributed by atoms with Crippen molar-refractivity contribution in [1.29, 1.82) is 0 Å². The second-order valence-corrected chi connectivity index (χ2v) is 3.33. The molecular weight excluding hydrogens is 192 g/mol. The lowest BCUT2D eigenvalue weighted by Gasteiger charge is -2.05. The van der Waals surface area contributed by atoms with Crippen molar-refractivity contribution < 1.29 is 9.53 Å². The molecule has 82 valence electrons. The fourth-order valence-corrected chi connectivity index (χ4v) is 1.27. The largest absolute Gasteiger partial charge is 0.465 e. The molecule has 15 heavy (non-hydrogen) atoms. The number of benzene rings is 1. The highest BCUT2D eigenvalue weighted by molar-refractivity contribution is 5.68. The van der Waals surface area contributed by atoms with Crippen LogP contribution in [0.25, 0.3) is 0 Å². The van der Waals surface area contributed by atoms with Crippen LogP contribution in [0.5, 0.6) is 0 Å². The molecule has 0 bridgehead atoms. The monoisotopic (exact) mass is 208 g/mol. The van der Waals surface area contributed by atoms with Crippen LogP contribution < -0.4 is 11.5 Å². The van der Waals surface area contributed by atoms with Gasteiger partial charge in [-0.1, -0.05) is 6.92 Å². The molecule has 0 unspecified atom stereocenters. The molecule has 0 aromatic heterocycles. The van der Waals surface area contributed by atoms with E-state index in [4.69, 9.17) is 16.2 Å². The minimum absolute atomic E-state index is 0.188. The zero-order chi connectivity index (χ0) is 11.3. The molecule has 0 radical (unpaired) electrons. The van der Waals surface area contributed by atoms with Gasteiger partial charge in [0.2, 0.25) is 0 Å². The zero-order valence-electron chi connectivity index (χ0n) is 8.82. The summed E-state index contributed by atoms with van der Waals surface area (Å²) in [6.45, 7) is 2.14. The van der Waals surface area contributed by atoms with E-state index in [9.17, 15) is 4.79 Å². The Hall–Kier alpha value is -1.71. The predicted molar refractivity (Wildman–Crippen MR) is 60.2 cm³/mol. The molecule has 1 aromatic carbocycles. The van der Waals surface area contributed by atoms with Gasteiger partial charge in [-0.05, 0) is 23.8 Å². The first-order valence-corrected chi connectivity index (χ1v) is 4.92. The van der Waals surface area contributed by atoms with Crippen molar-refractivity contribution >= 4 is 17.3 Å². The minimum Gasteiger partial charge on any atom is -0.465 e.